The number of hydrogen-bond acceptors (Lipinski definition) is 8. The van der Waals surface area contributed by atoms with Crippen molar-refractivity contribution in [2.75, 3.05) is 23.3 Å². The quantitative estimate of drug-likeness (QED) is 0.279. The zero-order valence-corrected chi connectivity index (χ0v) is 29.9. The number of nitriles is 2. The molecule has 2 saturated carbocycles. The number of halogens is 1. The third-order valence-electron chi connectivity index (χ3n) is 9.75. The predicted molar refractivity (Wildman–Crippen MR) is 187 cm³/mol. The van der Waals surface area contributed by atoms with Crippen molar-refractivity contribution in [1.29, 1.82) is 10.5 Å². The summed E-state index contributed by atoms with van der Waals surface area (Å²) in [5, 5.41) is 24.3. The maximum Gasteiger partial charge on any atom is 0.104 e. The lowest BCUT2D eigenvalue weighted by atomic mass is 9.84. The van der Waals surface area contributed by atoms with E-state index in [2.05, 4.69) is 66.0 Å². The molecule has 4 aliphatic rings. The van der Waals surface area contributed by atoms with Crippen molar-refractivity contribution in [3.63, 3.8) is 0 Å². The average molecular weight is 688 g/mol. The molecule has 2 fully saturated rings. The van der Waals surface area contributed by atoms with Gasteiger partial charge in [0.25, 0.3) is 0 Å². The standard InChI is InChI=1S/C17H25N3S.C10H13N3S.C7H13Br/c1-17(2)8-15-14(13(9-18)16(19)21-15)11-20(17)10-12-6-4-3-5-7-12;1-10(2)3-8-7(5-13-10)6(4-11)9(12)14-8;8-6-7-4-2-1-3-5-7/h12H,3-8,10-11,19H2,1-2H3;13H,3,5,12H2,1-2H3;7H,1-6H2. The SMILES string of the molecule is BrCC1CCCCC1.CC1(C)Cc2sc(N)c(C#N)c2CN1.CC1(C)Cc2sc(N)c(C#N)c2CN1CC1CCCCC1. The summed E-state index contributed by atoms with van der Waals surface area (Å²) in [5.41, 5.74) is 15.8. The molecule has 2 aromatic heterocycles. The Hall–Kier alpha value is -1.62. The van der Waals surface area contributed by atoms with Crippen molar-refractivity contribution >= 4 is 48.6 Å². The van der Waals surface area contributed by atoms with Crippen LogP contribution in [0.25, 0.3) is 0 Å². The number of fused-ring (bicyclic) bond motifs is 2. The highest BCUT2D eigenvalue weighted by Gasteiger charge is 2.37. The molecule has 6 rings (SSSR count). The highest BCUT2D eigenvalue weighted by atomic mass is 79.9. The normalized spacial score (nSPS) is 21.6. The van der Waals surface area contributed by atoms with E-state index in [1.54, 1.807) is 22.7 Å². The fourth-order valence-electron chi connectivity index (χ4n) is 6.99. The lowest BCUT2D eigenvalue weighted by Gasteiger charge is -2.44. The first-order valence-corrected chi connectivity index (χ1v) is 18.9. The highest BCUT2D eigenvalue weighted by Crippen LogP contribution is 2.41. The van der Waals surface area contributed by atoms with Crippen LogP contribution in [-0.4, -0.2) is 27.9 Å². The summed E-state index contributed by atoms with van der Waals surface area (Å²) in [5.74, 6) is 1.84. The second kappa shape index (κ2) is 15.1. The van der Waals surface area contributed by atoms with Crippen LogP contribution in [0.4, 0.5) is 10.0 Å². The molecule has 0 radical (unpaired) electrons. The number of nitrogens with one attached hydrogen (secondary N) is 1. The smallest absolute Gasteiger partial charge is 0.104 e. The highest BCUT2D eigenvalue weighted by molar-refractivity contribution is 9.09. The number of thiophene rings is 2. The van der Waals surface area contributed by atoms with Crippen LogP contribution in [0.1, 0.15) is 124 Å². The van der Waals surface area contributed by atoms with Gasteiger partial charge in [-0.1, -0.05) is 54.5 Å². The van der Waals surface area contributed by atoms with Crippen LogP contribution in [0.5, 0.6) is 0 Å². The average Bonchev–Trinajstić information content (AvgIpc) is 3.46. The molecule has 5 N–H and O–H groups in total. The molecular weight excluding hydrogens is 636 g/mol. The van der Waals surface area contributed by atoms with Crippen LogP contribution in [-0.2, 0) is 25.9 Å². The Kier molecular flexibility index (Phi) is 12.0. The van der Waals surface area contributed by atoms with E-state index in [0.29, 0.717) is 15.6 Å². The van der Waals surface area contributed by atoms with Gasteiger partial charge in [0.05, 0.1) is 11.1 Å². The monoisotopic (exact) mass is 686 g/mol. The van der Waals surface area contributed by atoms with Crippen molar-refractivity contribution in [2.24, 2.45) is 11.8 Å². The first-order valence-electron chi connectivity index (χ1n) is 16.1. The maximum atomic E-state index is 9.36. The van der Waals surface area contributed by atoms with E-state index >= 15 is 0 Å². The number of nitrogens with two attached hydrogens (primary N) is 2. The zero-order chi connectivity index (χ0) is 31.2. The molecule has 6 nitrogen and oxygen atoms in total. The maximum absolute atomic E-state index is 9.36. The van der Waals surface area contributed by atoms with E-state index in [0.717, 1.165) is 48.9 Å². The molecule has 2 aromatic rings. The Balaban J connectivity index is 0.000000165. The first kappa shape index (κ1) is 34.3. The summed E-state index contributed by atoms with van der Waals surface area (Å²) in [6.45, 7) is 11.8. The largest absolute Gasteiger partial charge is 0.389 e. The molecule has 0 atom stereocenters. The Morgan fingerprint density at radius 3 is 1.84 bits per heavy atom. The second-order valence-electron chi connectivity index (χ2n) is 14.2. The molecule has 9 heteroatoms. The molecule has 0 unspecified atom stereocenters. The Morgan fingerprint density at radius 1 is 0.814 bits per heavy atom. The summed E-state index contributed by atoms with van der Waals surface area (Å²) < 4.78 is 0. The van der Waals surface area contributed by atoms with E-state index in [9.17, 15) is 5.26 Å². The van der Waals surface area contributed by atoms with E-state index < -0.39 is 0 Å². The van der Waals surface area contributed by atoms with Gasteiger partial charge in [0, 0.05) is 57.8 Å². The number of alkyl halides is 1. The van der Waals surface area contributed by atoms with Gasteiger partial charge in [0.15, 0.2) is 0 Å². The molecule has 43 heavy (non-hydrogen) atoms. The molecule has 0 aromatic carbocycles. The van der Waals surface area contributed by atoms with E-state index in [1.807, 2.05) is 0 Å². The molecular formula is C34H51BrN6S2. The zero-order valence-electron chi connectivity index (χ0n) is 26.7. The van der Waals surface area contributed by atoms with E-state index in [4.69, 9.17) is 16.7 Å². The molecule has 236 valence electrons. The van der Waals surface area contributed by atoms with Crippen LogP contribution in [0.3, 0.4) is 0 Å². The lowest BCUT2D eigenvalue weighted by molar-refractivity contribution is 0.0706. The fourth-order valence-corrected chi connectivity index (χ4v) is 10.2. The summed E-state index contributed by atoms with van der Waals surface area (Å²) >= 11 is 6.69. The molecule has 2 aliphatic heterocycles. The van der Waals surface area contributed by atoms with Gasteiger partial charge >= 0.3 is 0 Å². The van der Waals surface area contributed by atoms with Crippen LogP contribution in [0, 0.1) is 34.5 Å². The summed E-state index contributed by atoms with van der Waals surface area (Å²) in [7, 11) is 0. The molecule has 0 spiro atoms. The van der Waals surface area contributed by atoms with E-state index in [-0.39, 0.29) is 11.1 Å². The van der Waals surface area contributed by atoms with Gasteiger partial charge in [-0.05, 0) is 77.2 Å². The van der Waals surface area contributed by atoms with Gasteiger partial charge < -0.3 is 16.8 Å². The summed E-state index contributed by atoms with van der Waals surface area (Å²) in [6, 6.07) is 4.49. The molecule has 0 amide bonds. The minimum atomic E-state index is 0.122. The van der Waals surface area contributed by atoms with Crippen LogP contribution >= 0.6 is 38.6 Å². The van der Waals surface area contributed by atoms with Gasteiger partial charge in [0.2, 0.25) is 0 Å². The number of nitrogens with zero attached hydrogens (tertiary/aromatic N) is 3. The number of nitrogen functional groups attached to an aromatic ring is 2. The minimum absolute atomic E-state index is 0.122. The third kappa shape index (κ3) is 8.76. The molecule has 2 aliphatic carbocycles. The van der Waals surface area contributed by atoms with Gasteiger partial charge in [0.1, 0.15) is 22.1 Å². The van der Waals surface area contributed by atoms with Crippen LogP contribution < -0.4 is 16.8 Å². The second-order valence-corrected chi connectivity index (χ2v) is 17.1. The Morgan fingerprint density at radius 2 is 1.33 bits per heavy atom. The number of rotatable bonds is 3. The predicted octanol–water partition coefficient (Wildman–Crippen LogP) is 8.51. The Labute approximate surface area is 276 Å². The number of hydrogen-bond donors (Lipinski definition) is 3. The van der Waals surface area contributed by atoms with Crippen molar-refractivity contribution in [3.05, 3.63) is 32.0 Å². The van der Waals surface area contributed by atoms with Crippen molar-refractivity contribution in [2.45, 2.75) is 129 Å². The third-order valence-corrected chi connectivity index (χ3v) is 12.8. The van der Waals surface area contributed by atoms with Crippen molar-refractivity contribution in [1.82, 2.24) is 10.2 Å². The van der Waals surface area contributed by atoms with Crippen LogP contribution in [0.2, 0.25) is 0 Å². The van der Waals surface area contributed by atoms with Crippen molar-refractivity contribution in [3.8, 4) is 12.1 Å². The van der Waals surface area contributed by atoms with Gasteiger partial charge in [-0.2, -0.15) is 10.5 Å². The van der Waals surface area contributed by atoms with E-state index in [1.165, 1.54) is 91.4 Å². The first-order chi connectivity index (χ1) is 20.5. The van der Waals surface area contributed by atoms with Gasteiger partial charge in [-0.25, -0.2) is 0 Å². The minimum Gasteiger partial charge on any atom is -0.389 e. The molecule has 0 bridgehead atoms. The lowest BCUT2D eigenvalue weighted by Crippen LogP contribution is -2.50. The molecule has 0 saturated heterocycles. The summed E-state index contributed by atoms with van der Waals surface area (Å²) in [4.78, 5) is 5.19. The van der Waals surface area contributed by atoms with Gasteiger partial charge in [-0.15, -0.1) is 22.7 Å². The van der Waals surface area contributed by atoms with Crippen LogP contribution in [0.15, 0.2) is 0 Å². The number of anilines is 2. The fraction of sp³-hybridized carbons (Fsp3) is 0.706. The summed E-state index contributed by atoms with van der Waals surface area (Å²) in [6.07, 6.45) is 16.2. The van der Waals surface area contributed by atoms with Gasteiger partial charge in [-0.3, -0.25) is 4.90 Å². The molecule has 4 heterocycles. The topological polar surface area (TPSA) is 115 Å². The van der Waals surface area contributed by atoms with Crippen molar-refractivity contribution < 1.29 is 0 Å². The Bertz CT molecular complexity index is 1300.